The molecule has 3 rings (SSSR count). The van der Waals surface area contributed by atoms with Gasteiger partial charge in [-0.2, -0.15) is 0 Å². The highest BCUT2D eigenvalue weighted by atomic mass is 35.5. The van der Waals surface area contributed by atoms with Crippen LogP contribution in [0.25, 0.3) is 0 Å². The topological polar surface area (TPSA) is 88.8 Å². The minimum atomic E-state index is -0.403. The Morgan fingerprint density at radius 2 is 2.11 bits per heavy atom. The molecule has 0 radical (unpaired) electrons. The molecule has 0 saturated carbocycles. The molecule has 1 fully saturated rings. The predicted molar refractivity (Wildman–Crippen MR) is 104 cm³/mol. The predicted octanol–water partition coefficient (Wildman–Crippen LogP) is 3.20. The lowest BCUT2D eigenvalue weighted by Crippen LogP contribution is -2.46. The number of thiazole rings is 1. The maximum Gasteiger partial charge on any atom is 0.367 e. The molecule has 1 aromatic carbocycles. The summed E-state index contributed by atoms with van der Waals surface area (Å²) in [6.07, 6.45) is 0. The standard InChI is InChI=1S/C17H19ClN4O4S/c1-2-26-17(23)16-19-13(11-27-16)10-20-5-7-21(8-6-20)14-4-3-12(18)9-15(14)22(24)25/h3-4,9,11H,2,5-8,10H2,1H3. The molecule has 2 aromatic rings. The van der Waals surface area contributed by atoms with Crippen LogP contribution < -0.4 is 4.90 Å². The Kier molecular flexibility index (Phi) is 6.25. The highest BCUT2D eigenvalue weighted by Crippen LogP contribution is 2.31. The van der Waals surface area contributed by atoms with Gasteiger partial charge in [0.2, 0.25) is 5.01 Å². The first kappa shape index (κ1) is 19.5. The van der Waals surface area contributed by atoms with Crippen molar-refractivity contribution in [1.29, 1.82) is 0 Å². The van der Waals surface area contributed by atoms with Gasteiger partial charge in [-0.1, -0.05) is 11.6 Å². The number of hydrogen-bond acceptors (Lipinski definition) is 8. The zero-order chi connectivity index (χ0) is 19.4. The van der Waals surface area contributed by atoms with Crippen LogP contribution in [0.5, 0.6) is 0 Å². The summed E-state index contributed by atoms with van der Waals surface area (Å²) in [6.45, 7) is 5.53. The van der Waals surface area contributed by atoms with Crippen LogP contribution in [0.1, 0.15) is 22.4 Å². The van der Waals surface area contributed by atoms with E-state index in [1.165, 1.54) is 17.4 Å². The van der Waals surface area contributed by atoms with E-state index >= 15 is 0 Å². The van der Waals surface area contributed by atoms with Gasteiger partial charge in [0.1, 0.15) is 5.69 Å². The van der Waals surface area contributed by atoms with Crippen molar-refractivity contribution in [2.45, 2.75) is 13.5 Å². The van der Waals surface area contributed by atoms with Crippen molar-refractivity contribution in [1.82, 2.24) is 9.88 Å². The van der Waals surface area contributed by atoms with Gasteiger partial charge in [0.25, 0.3) is 5.69 Å². The van der Waals surface area contributed by atoms with Crippen molar-refractivity contribution in [2.75, 3.05) is 37.7 Å². The van der Waals surface area contributed by atoms with Gasteiger partial charge in [0, 0.05) is 49.2 Å². The van der Waals surface area contributed by atoms with Gasteiger partial charge in [-0.15, -0.1) is 11.3 Å². The van der Waals surface area contributed by atoms with E-state index in [0.29, 0.717) is 42.0 Å². The first-order chi connectivity index (χ1) is 13.0. The van der Waals surface area contributed by atoms with Gasteiger partial charge in [-0.05, 0) is 19.1 Å². The third-order valence-corrected chi connectivity index (χ3v) is 5.34. The molecule has 0 spiro atoms. The van der Waals surface area contributed by atoms with Crippen molar-refractivity contribution in [3.8, 4) is 0 Å². The molecule has 1 aliphatic rings. The number of carbonyl (C=O) groups excluding carboxylic acids is 1. The Morgan fingerprint density at radius 3 is 2.78 bits per heavy atom. The number of rotatable bonds is 6. The minimum absolute atomic E-state index is 0.0227. The molecule has 0 aliphatic carbocycles. The molecule has 144 valence electrons. The van der Waals surface area contributed by atoms with Crippen LogP contribution in [0.4, 0.5) is 11.4 Å². The first-order valence-electron chi connectivity index (χ1n) is 8.50. The lowest BCUT2D eigenvalue weighted by atomic mass is 10.2. The number of halogens is 1. The maximum atomic E-state index is 11.7. The second kappa shape index (κ2) is 8.64. The molecule has 2 heterocycles. The van der Waals surface area contributed by atoms with Gasteiger partial charge >= 0.3 is 5.97 Å². The largest absolute Gasteiger partial charge is 0.461 e. The van der Waals surface area contributed by atoms with Gasteiger partial charge in [0.05, 0.1) is 17.2 Å². The molecular weight excluding hydrogens is 392 g/mol. The summed E-state index contributed by atoms with van der Waals surface area (Å²) >= 11 is 7.17. The van der Waals surface area contributed by atoms with E-state index in [2.05, 4.69) is 9.88 Å². The maximum absolute atomic E-state index is 11.7. The second-order valence-electron chi connectivity index (χ2n) is 6.02. The molecule has 1 saturated heterocycles. The van der Waals surface area contributed by atoms with E-state index in [4.69, 9.17) is 16.3 Å². The summed E-state index contributed by atoms with van der Waals surface area (Å²) in [5, 5.41) is 13.9. The van der Waals surface area contributed by atoms with Crippen molar-refractivity contribution in [3.05, 3.63) is 49.4 Å². The number of hydrogen-bond donors (Lipinski definition) is 0. The molecule has 10 heteroatoms. The highest BCUT2D eigenvalue weighted by Gasteiger charge is 2.24. The molecule has 0 atom stereocenters. The Hall–Kier alpha value is -2.23. The molecule has 0 N–H and O–H groups in total. The number of ether oxygens (including phenoxy) is 1. The van der Waals surface area contributed by atoms with Gasteiger partial charge in [-0.3, -0.25) is 15.0 Å². The van der Waals surface area contributed by atoms with Crippen molar-refractivity contribution in [2.24, 2.45) is 0 Å². The second-order valence-corrected chi connectivity index (χ2v) is 7.31. The number of nitro groups is 1. The van der Waals surface area contributed by atoms with Crippen LogP contribution in [0.3, 0.4) is 0 Å². The number of aromatic nitrogens is 1. The van der Waals surface area contributed by atoms with Crippen LogP contribution in [0.15, 0.2) is 23.6 Å². The van der Waals surface area contributed by atoms with Crippen molar-refractivity contribution >= 4 is 40.3 Å². The zero-order valence-electron chi connectivity index (χ0n) is 14.8. The fourth-order valence-corrected chi connectivity index (χ4v) is 3.82. The molecule has 8 nitrogen and oxygen atoms in total. The number of benzene rings is 1. The fourth-order valence-electron chi connectivity index (χ4n) is 2.95. The quantitative estimate of drug-likeness (QED) is 0.410. The fraction of sp³-hybridized carbons (Fsp3) is 0.412. The lowest BCUT2D eigenvalue weighted by molar-refractivity contribution is -0.384. The van der Waals surface area contributed by atoms with E-state index in [9.17, 15) is 14.9 Å². The molecule has 0 bridgehead atoms. The van der Waals surface area contributed by atoms with Gasteiger partial charge < -0.3 is 9.64 Å². The molecule has 0 unspecified atom stereocenters. The SMILES string of the molecule is CCOC(=O)c1nc(CN2CCN(c3ccc(Cl)cc3[N+](=O)[O-])CC2)cs1. The van der Waals surface area contributed by atoms with Crippen LogP contribution in [-0.2, 0) is 11.3 Å². The van der Waals surface area contributed by atoms with Crippen LogP contribution in [0, 0.1) is 10.1 Å². The smallest absolute Gasteiger partial charge is 0.367 e. The van der Waals surface area contributed by atoms with Gasteiger partial charge in [-0.25, -0.2) is 9.78 Å². The van der Waals surface area contributed by atoms with E-state index < -0.39 is 10.9 Å². The lowest BCUT2D eigenvalue weighted by Gasteiger charge is -2.35. The number of carbonyl (C=O) groups is 1. The van der Waals surface area contributed by atoms with Crippen molar-refractivity contribution in [3.63, 3.8) is 0 Å². The molecular formula is C17H19ClN4O4S. The van der Waals surface area contributed by atoms with Crippen LogP contribution in [-0.4, -0.2) is 53.6 Å². The number of nitrogens with zero attached hydrogens (tertiary/aromatic N) is 4. The normalized spacial score (nSPS) is 15.0. The minimum Gasteiger partial charge on any atom is -0.461 e. The molecule has 0 amide bonds. The Labute approximate surface area is 165 Å². The van der Waals surface area contributed by atoms with Crippen molar-refractivity contribution < 1.29 is 14.5 Å². The summed E-state index contributed by atoms with van der Waals surface area (Å²) in [7, 11) is 0. The summed E-state index contributed by atoms with van der Waals surface area (Å²) < 4.78 is 4.96. The Morgan fingerprint density at radius 1 is 1.37 bits per heavy atom. The Balaban J connectivity index is 1.60. The molecule has 1 aromatic heterocycles. The third kappa shape index (κ3) is 4.74. The number of nitro benzene ring substituents is 1. The van der Waals surface area contributed by atoms with E-state index in [1.54, 1.807) is 19.1 Å². The van der Waals surface area contributed by atoms with Crippen LogP contribution >= 0.6 is 22.9 Å². The monoisotopic (exact) mass is 410 g/mol. The Bertz CT molecular complexity index is 836. The molecule has 1 aliphatic heterocycles. The number of piperazine rings is 1. The number of esters is 1. The zero-order valence-corrected chi connectivity index (χ0v) is 16.3. The highest BCUT2D eigenvalue weighted by molar-refractivity contribution is 7.11. The average Bonchev–Trinajstić information content (AvgIpc) is 3.11. The van der Waals surface area contributed by atoms with Crippen LogP contribution in [0.2, 0.25) is 5.02 Å². The summed E-state index contributed by atoms with van der Waals surface area (Å²) in [4.78, 5) is 31.1. The summed E-state index contributed by atoms with van der Waals surface area (Å²) in [5.41, 5.74) is 1.44. The van der Waals surface area contributed by atoms with E-state index in [-0.39, 0.29) is 5.69 Å². The first-order valence-corrected chi connectivity index (χ1v) is 9.76. The summed E-state index contributed by atoms with van der Waals surface area (Å²) in [5.74, 6) is -0.395. The third-order valence-electron chi connectivity index (χ3n) is 4.23. The van der Waals surface area contributed by atoms with Gasteiger partial charge in [0.15, 0.2) is 0 Å². The number of anilines is 1. The van der Waals surface area contributed by atoms with E-state index in [0.717, 1.165) is 18.8 Å². The summed E-state index contributed by atoms with van der Waals surface area (Å²) in [6, 6.07) is 4.75. The molecule has 27 heavy (non-hydrogen) atoms. The van der Waals surface area contributed by atoms with E-state index in [1.807, 2.05) is 10.3 Å². The average molecular weight is 411 g/mol.